The fourth-order valence-electron chi connectivity index (χ4n) is 1.25. The maximum atomic E-state index is 11.8. The predicted octanol–water partition coefficient (Wildman–Crippen LogP) is 0.643. The van der Waals surface area contributed by atoms with E-state index in [2.05, 4.69) is 20.9 Å². The largest absolute Gasteiger partial charge is 0.370 e. The van der Waals surface area contributed by atoms with Gasteiger partial charge in [0.1, 0.15) is 11.0 Å². The molecule has 0 aromatic carbocycles. The number of carbonyl (C=O) groups is 2. The molecule has 18 heavy (non-hydrogen) atoms. The molecule has 1 rings (SSSR count). The molecule has 1 aromatic heterocycles. The number of carbonyl (C=O) groups excluding carboxylic acids is 2. The van der Waals surface area contributed by atoms with E-state index in [0.29, 0.717) is 17.9 Å². The molecule has 0 radical (unpaired) electrons. The normalized spacial score (nSPS) is 9.72. The first kappa shape index (κ1) is 14.2. The van der Waals surface area contributed by atoms with Gasteiger partial charge >= 0.3 is 0 Å². The fourth-order valence-corrected chi connectivity index (χ4v) is 1.46. The second kappa shape index (κ2) is 6.80. The number of pyridine rings is 1. The van der Waals surface area contributed by atoms with Gasteiger partial charge in [0.2, 0.25) is 5.91 Å². The van der Waals surface area contributed by atoms with Crippen LogP contribution in [-0.4, -0.2) is 36.9 Å². The van der Waals surface area contributed by atoms with Gasteiger partial charge in [0.05, 0.1) is 6.54 Å². The summed E-state index contributed by atoms with van der Waals surface area (Å²) in [5, 5.41) is 8.08. The number of hydrogen-bond acceptors (Lipinski definition) is 4. The minimum atomic E-state index is -0.373. The Balaban J connectivity index is 2.75. The first-order valence-corrected chi connectivity index (χ1v) is 5.84. The molecule has 0 spiro atoms. The van der Waals surface area contributed by atoms with Gasteiger partial charge in [-0.1, -0.05) is 11.6 Å². The van der Waals surface area contributed by atoms with Crippen molar-refractivity contribution in [2.45, 2.75) is 6.92 Å². The van der Waals surface area contributed by atoms with Crippen LogP contribution in [0.15, 0.2) is 12.1 Å². The summed E-state index contributed by atoms with van der Waals surface area (Å²) >= 11 is 5.81. The molecular formula is C11H15ClN4O2. The molecule has 7 heteroatoms. The number of nitrogens with zero attached hydrogens (tertiary/aromatic N) is 1. The van der Waals surface area contributed by atoms with Crippen molar-refractivity contribution < 1.29 is 9.59 Å². The predicted molar refractivity (Wildman–Crippen MR) is 69.8 cm³/mol. The average molecular weight is 271 g/mol. The maximum absolute atomic E-state index is 11.8. The lowest BCUT2D eigenvalue weighted by Gasteiger charge is -2.07. The van der Waals surface area contributed by atoms with E-state index >= 15 is 0 Å². The zero-order chi connectivity index (χ0) is 13.5. The van der Waals surface area contributed by atoms with Gasteiger partial charge in [-0.05, 0) is 19.1 Å². The van der Waals surface area contributed by atoms with Crippen molar-refractivity contribution >= 4 is 29.2 Å². The Morgan fingerprint density at radius 2 is 2.11 bits per heavy atom. The molecule has 0 saturated carbocycles. The molecule has 0 atom stereocenters. The molecular weight excluding hydrogens is 256 g/mol. The smallest absolute Gasteiger partial charge is 0.251 e. The quantitative estimate of drug-likeness (QED) is 0.686. The van der Waals surface area contributed by atoms with E-state index in [9.17, 15) is 9.59 Å². The SMILES string of the molecule is CCNc1cc(C(=O)NCC(=O)NC)cc(Cl)n1. The first-order valence-electron chi connectivity index (χ1n) is 5.47. The summed E-state index contributed by atoms with van der Waals surface area (Å²) in [6, 6.07) is 3.02. The van der Waals surface area contributed by atoms with Crippen LogP contribution >= 0.6 is 11.6 Å². The molecule has 0 aliphatic carbocycles. The number of nitrogens with one attached hydrogen (secondary N) is 3. The molecule has 0 saturated heterocycles. The zero-order valence-corrected chi connectivity index (χ0v) is 11.0. The zero-order valence-electron chi connectivity index (χ0n) is 10.2. The van der Waals surface area contributed by atoms with Crippen molar-refractivity contribution in [3.63, 3.8) is 0 Å². The topological polar surface area (TPSA) is 83.1 Å². The third-order valence-corrected chi connectivity index (χ3v) is 2.30. The molecule has 3 N–H and O–H groups in total. The van der Waals surface area contributed by atoms with Gasteiger partial charge in [-0.3, -0.25) is 9.59 Å². The molecule has 0 fully saturated rings. The van der Waals surface area contributed by atoms with Crippen LogP contribution in [0.2, 0.25) is 5.15 Å². The Hall–Kier alpha value is -1.82. The lowest BCUT2D eigenvalue weighted by atomic mass is 10.2. The maximum Gasteiger partial charge on any atom is 0.251 e. The van der Waals surface area contributed by atoms with Gasteiger partial charge in [0, 0.05) is 19.2 Å². The van der Waals surface area contributed by atoms with Crippen LogP contribution in [0.3, 0.4) is 0 Å². The Morgan fingerprint density at radius 3 is 2.72 bits per heavy atom. The van der Waals surface area contributed by atoms with E-state index in [-0.39, 0.29) is 23.5 Å². The molecule has 1 aromatic rings. The standard InChI is InChI=1S/C11H15ClN4O2/c1-3-14-9-5-7(4-8(12)16-9)11(18)15-6-10(17)13-2/h4-5H,3,6H2,1-2H3,(H,13,17)(H,14,16)(H,15,18). The molecule has 0 unspecified atom stereocenters. The van der Waals surface area contributed by atoms with E-state index in [0.717, 1.165) is 0 Å². The van der Waals surface area contributed by atoms with Crippen LogP contribution in [0.1, 0.15) is 17.3 Å². The van der Waals surface area contributed by atoms with E-state index in [4.69, 9.17) is 11.6 Å². The third kappa shape index (κ3) is 4.21. The monoisotopic (exact) mass is 270 g/mol. The highest BCUT2D eigenvalue weighted by molar-refractivity contribution is 6.29. The van der Waals surface area contributed by atoms with Crippen LogP contribution in [0, 0.1) is 0 Å². The Morgan fingerprint density at radius 1 is 1.39 bits per heavy atom. The number of likely N-dealkylation sites (N-methyl/N-ethyl adjacent to an activating group) is 1. The summed E-state index contributed by atoms with van der Waals surface area (Å²) in [5.74, 6) is -0.118. The highest BCUT2D eigenvalue weighted by atomic mass is 35.5. The van der Waals surface area contributed by atoms with Crippen LogP contribution in [-0.2, 0) is 4.79 Å². The number of rotatable bonds is 5. The van der Waals surface area contributed by atoms with Crippen LogP contribution in [0.4, 0.5) is 5.82 Å². The molecule has 0 aliphatic rings. The number of anilines is 1. The lowest BCUT2D eigenvalue weighted by molar-refractivity contribution is -0.119. The lowest BCUT2D eigenvalue weighted by Crippen LogP contribution is -2.35. The average Bonchev–Trinajstić information content (AvgIpc) is 2.35. The van der Waals surface area contributed by atoms with Crippen LogP contribution in [0.5, 0.6) is 0 Å². The highest BCUT2D eigenvalue weighted by Gasteiger charge is 2.10. The van der Waals surface area contributed by atoms with Crippen molar-refractivity contribution in [2.75, 3.05) is 25.5 Å². The van der Waals surface area contributed by atoms with Gasteiger partial charge in [-0.15, -0.1) is 0 Å². The second-order valence-corrected chi connectivity index (χ2v) is 3.84. The van der Waals surface area contributed by atoms with Crippen LogP contribution in [0.25, 0.3) is 0 Å². The van der Waals surface area contributed by atoms with Gasteiger partial charge in [0.25, 0.3) is 5.91 Å². The van der Waals surface area contributed by atoms with E-state index in [1.165, 1.54) is 13.1 Å². The summed E-state index contributed by atoms with van der Waals surface area (Å²) in [6.07, 6.45) is 0. The van der Waals surface area contributed by atoms with Gasteiger partial charge in [-0.2, -0.15) is 0 Å². The summed E-state index contributed by atoms with van der Waals surface area (Å²) in [6.45, 7) is 2.51. The van der Waals surface area contributed by atoms with E-state index in [1.807, 2.05) is 6.92 Å². The molecule has 2 amide bonds. The Bertz CT molecular complexity index is 451. The van der Waals surface area contributed by atoms with Gasteiger partial charge in [-0.25, -0.2) is 4.98 Å². The van der Waals surface area contributed by atoms with Crippen molar-refractivity contribution in [3.05, 3.63) is 22.8 Å². The Labute approximate surface area is 110 Å². The molecule has 0 aliphatic heterocycles. The van der Waals surface area contributed by atoms with E-state index in [1.54, 1.807) is 6.07 Å². The van der Waals surface area contributed by atoms with Crippen LogP contribution < -0.4 is 16.0 Å². The minimum absolute atomic E-state index is 0.0776. The summed E-state index contributed by atoms with van der Waals surface area (Å²) in [4.78, 5) is 26.8. The van der Waals surface area contributed by atoms with E-state index < -0.39 is 0 Å². The number of aromatic nitrogens is 1. The molecule has 1 heterocycles. The highest BCUT2D eigenvalue weighted by Crippen LogP contribution is 2.14. The van der Waals surface area contributed by atoms with Crippen molar-refractivity contribution in [3.8, 4) is 0 Å². The van der Waals surface area contributed by atoms with Crippen molar-refractivity contribution in [2.24, 2.45) is 0 Å². The summed E-state index contributed by atoms with van der Waals surface area (Å²) in [7, 11) is 1.50. The number of halogens is 1. The fraction of sp³-hybridized carbons (Fsp3) is 0.364. The second-order valence-electron chi connectivity index (χ2n) is 3.45. The van der Waals surface area contributed by atoms with Crippen molar-refractivity contribution in [1.29, 1.82) is 0 Å². The molecule has 6 nitrogen and oxygen atoms in total. The minimum Gasteiger partial charge on any atom is -0.370 e. The number of amides is 2. The third-order valence-electron chi connectivity index (χ3n) is 2.10. The summed E-state index contributed by atoms with van der Waals surface area (Å²) < 4.78 is 0. The number of hydrogen-bond donors (Lipinski definition) is 3. The van der Waals surface area contributed by atoms with Crippen molar-refractivity contribution in [1.82, 2.24) is 15.6 Å². The summed E-state index contributed by atoms with van der Waals surface area (Å²) in [5.41, 5.74) is 0.356. The molecule has 98 valence electrons. The first-order chi connectivity index (χ1) is 8.56. The van der Waals surface area contributed by atoms with Gasteiger partial charge < -0.3 is 16.0 Å². The molecule has 0 bridgehead atoms. The Kier molecular flexibility index (Phi) is 5.38. The van der Waals surface area contributed by atoms with Gasteiger partial charge in [0.15, 0.2) is 0 Å².